The van der Waals surface area contributed by atoms with Crippen LogP contribution in [0.15, 0.2) is 36.4 Å². The molecule has 0 spiro atoms. The maximum atomic E-state index is 13.2. The first kappa shape index (κ1) is 14.3. The van der Waals surface area contributed by atoms with E-state index in [2.05, 4.69) is 0 Å². The van der Waals surface area contributed by atoms with Gasteiger partial charge in [-0.15, -0.1) is 0 Å². The van der Waals surface area contributed by atoms with Crippen molar-refractivity contribution in [3.05, 3.63) is 68.5 Å². The van der Waals surface area contributed by atoms with Gasteiger partial charge in [0.05, 0.1) is 4.92 Å². The van der Waals surface area contributed by atoms with E-state index in [1.807, 2.05) is 6.92 Å². The van der Waals surface area contributed by atoms with E-state index < -0.39 is 4.92 Å². The summed E-state index contributed by atoms with van der Waals surface area (Å²) in [4.78, 5) is 10.3. The van der Waals surface area contributed by atoms with Gasteiger partial charge < -0.3 is 4.74 Å². The average Bonchev–Trinajstić information content (AvgIpc) is 2.39. The molecule has 0 atom stereocenters. The van der Waals surface area contributed by atoms with E-state index in [1.54, 1.807) is 6.07 Å². The van der Waals surface area contributed by atoms with Crippen LogP contribution in [0.25, 0.3) is 0 Å². The summed E-state index contributed by atoms with van der Waals surface area (Å²) in [6.45, 7) is 1.84. The zero-order valence-electron chi connectivity index (χ0n) is 10.6. The smallest absolute Gasteiger partial charge is 0.311 e. The van der Waals surface area contributed by atoms with Gasteiger partial charge in [-0.25, -0.2) is 4.39 Å². The van der Waals surface area contributed by atoms with E-state index in [9.17, 15) is 14.5 Å². The van der Waals surface area contributed by atoms with Crippen LogP contribution in [0.5, 0.6) is 5.75 Å². The molecule has 0 amide bonds. The van der Waals surface area contributed by atoms with E-state index in [4.69, 9.17) is 16.3 Å². The Hall–Kier alpha value is -2.14. The van der Waals surface area contributed by atoms with Gasteiger partial charge in [-0.05, 0) is 36.2 Å². The second-order valence-corrected chi connectivity index (χ2v) is 4.67. The third-order valence-electron chi connectivity index (χ3n) is 2.81. The lowest BCUT2D eigenvalue weighted by atomic mass is 10.1. The van der Waals surface area contributed by atoms with Crippen molar-refractivity contribution in [2.24, 2.45) is 0 Å². The Balaban J connectivity index is 2.24. The van der Waals surface area contributed by atoms with E-state index in [0.717, 1.165) is 5.56 Å². The van der Waals surface area contributed by atoms with Gasteiger partial charge in [-0.3, -0.25) is 10.1 Å². The molecule has 0 aromatic heterocycles. The molecule has 0 fully saturated rings. The third-order valence-corrected chi connectivity index (χ3v) is 3.05. The van der Waals surface area contributed by atoms with Crippen LogP contribution < -0.4 is 4.74 Å². The lowest BCUT2D eigenvalue weighted by Crippen LogP contribution is -2.01. The molecule has 0 heterocycles. The fourth-order valence-electron chi connectivity index (χ4n) is 1.71. The summed E-state index contributed by atoms with van der Waals surface area (Å²) in [5, 5.41) is 11.2. The van der Waals surface area contributed by atoms with Crippen LogP contribution >= 0.6 is 11.6 Å². The molecule has 0 aliphatic carbocycles. The van der Waals surface area contributed by atoms with Gasteiger partial charge >= 0.3 is 5.69 Å². The molecule has 6 heteroatoms. The average molecular weight is 296 g/mol. The molecule has 20 heavy (non-hydrogen) atoms. The van der Waals surface area contributed by atoms with Crippen molar-refractivity contribution in [3.8, 4) is 5.75 Å². The van der Waals surface area contributed by atoms with Crippen LogP contribution in [0, 0.1) is 22.9 Å². The van der Waals surface area contributed by atoms with Crippen molar-refractivity contribution < 1.29 is 14.1 Å². The van der Waals surface area contributed by atoms with Crippen LogP contribution in [-0.2, 0) is 6.61 Å². The fourth-order valence-corrected chi connectivity index (χ4v) is 1.87. The molecule has 0 bridgehead atoms. The Bertz CT molecular complexity index is 661. The van der Waals surface area contributed by atoms with Crippen LogP contribution in [-0.4, -0.2) is 4.92 Å². The van der Waals surface area contributed by atoms with Crippen LogP contribution in [0.2, 0.25) is 5.02 Å². The summed E-state index contributed by atoms with van der Waals surface area (Å²) < 4.78 is 18.6. The van der Waals surface area contributed by atoms with Crippen LogP contribution in [0.4, 0.5) is 10.1 Å². The SMILES string of the molecule is Cc1ccc(F)cc1COc1cc(Cl)ccc1[N+](=O)[O-]. The number of hydrogen-bond acceptors (Lipinski definition) is 3. The molecule has 0 saturated heterocycles. The topological polar surface area (TPSA) is 52.4 Å². The van der Waals surface area contributed by atoms with Gasteiger partial charge in [-0.1, -0.05) is 17.7 Å². The number of halogens is 2. The molecular weight excluding hydrogens is 285 g/mol. The standard InChI is InChI=1S/C14H11ClFNO3/c1-9-2-4-12(16)6-10(9)8-20-14-7-11(15)3-5-13(14)17(18)19/h2-7H,8H2,1H3. The van der Waals surface area contributed by atoms with Gasteiger partial charge in [0.1, 0.15) is 12.4 Å². The van der Waals surface area contributed by atoms with Crippen molar-refractivity contribution in [2.75, 3.05) is 0 Å². The zero-order chi connectivity index (χ0) is 14.7. The van der Waals surface area contributed by atoms with Crippen molar-refractivity contribution in [1.29, 1.82) is 0 Å². The molecule has 0 unspecified atom stereocenters. The Labute approximate surface area is 119 Å². The Morgan fingerprint density at radius 3 is 2.75 bits per heavy atom. The highest BCUT2D eigenvalue weighted by atomic mass is 35.5. The van der Waals surface area contributed by atoms with Crippen molar-refractivity contribution in [3.63, 3.8) is 0 Å². The van der Waals surface area contributed by atoms with Gasteiger partial charge in [0.2, 0.25) is 0 Å². The van der Waals surface area contributed by atoms with Gasteiger partial charge in [-0.2, -0.15) is 0 Å². The quantitative estimate of drug-likeness (QED) is 0.625. The first-order valence-electron chi connectivity index (χ1n) is 5.79. The maximum Gasteiger partial charge on any atom is 0.311 e. The molecule has 2 aromatic carbocycles. The number of ether oxygens (including phenoxy) is 1. The number of hydrogen-bond donors (Lipinski definition) is 0. The van der Waals surface area contributed by atoms with E-state index in [0.29, 0.717) is 10.6 Å². The van der Waals surface area contributed by atoms with Crippen molar-refractivity contribution in [1.82, 2.24) is 0 Å². The minimum atomic E-state index is -0.551. The third kappa shape index (κ3) is 3.24. The molecule has 4 nitrogen and oxygen atoms in total. The minimum absolute atomic E-state index is 0.0325. The number of nitrogens with zero attached hydrogens (tertiary/aromatic N) is 1. The highest BCUT2D eigenvalue weighted by molar-refractivity contribution is 6.30. The second kappa shape index (κ2) is 5.88. The summed E-state index contributed by atoms with van der Waals surface area (Å²) in [5.74, 6) is -0.319. The van der Waals surface area contributed by atoms with Gasteiger partial charge in [0, 0.05) is 17.2 Å². The zero-order valence-corrected chi connectivity index (χ0v) is 11.4. The van der Waals surface area contributed by atoms with Crippen molar-refractivity contribution in [2.45, 2.75) is 13.5 Å². The monoisotopic (exact) mass is 295 g/mol. The first-order chi connectivity index (χ1) is 9.47. The van der Waals surface area contributed by atoms with Crippen LogP contribution in [0.3, 0.4) is 0 Å². The van der Waals surface area contributed by atoms with Crippen molar-refractivity contribution >= 4 is 17.3 Å². The Kier molecular flexibility index (Phi) is 4.20. The molecule has 0 aliphatic rings. The fraction of sp³-hybridized carbons (Fsp3) is 0.143. The summed E-state index contributed by atoms with van der Waals surface area (Å²) in [7, 11) is 0. The maximum absolute atomic E-state index is 13.2. The summed E-state index contributed by atoms with van der Waals surface area (Å²) >= 11 is 5.80. The van der Waals surface area contributed by atoms with E-state index in [-0.39, 0.29) is 23.9 Å². The molecular formula is C14H11ClFNO3. The molecule has 0 aliphatic heterocycles. The lowest BCUT2D eigenvalue weighted by molar-refractivity contribution is -0.385. The Morgan fingerprint density at radius 1 is 1.30 bits per heavy atom. The number of benzene rings is 2. The van der Waals surface area contributed by atoms with Gasteiger partial charge in [0.15, 0.2) is 5.75 Å². The summed E-state index contributed by atoms with van der Waals surface area (Å²) in [5.41, 5.74) is 1.29. The largest absolute Gasteiger partial charge is 0.482 e. The van der Waals surface area contributed by atoms with E-state index in [1.165, 1.54) is 30.3 Å². The minimum Gasteiger partial charge on any atom is -0.482 e. The highest BCUT2D eigenvalue weighted by Gasteiger charge is 2.15. The number of rotatable bonds is 4. The second-order valence-electron chi connectivity index (χ2n) is 4.23. The molecule has 2 aromatic rings. The van der Waals surface area contributed by atoms with Crippen LogP contribution in [0.1, 0.15) is 11.1 Å². The molecule has 0 N–H and O–H groups in total. The molecule has 0 radical (unpaired) electrons. The molecule has 104 valence electrons. The Morgan fingerprint density at radius 2 is 2.05 bits per heavy atom. The molecule has 0 saturated carbocycles. The number of aryl methyl sites for hydroxylation is 1. The van der Waals surface area contributed by atoms with E-state index >= 15 is 0 Å². The normalized spacial score (nSPS) is 10.3. The highest BCUT2D eigenvalue weighted by Crippen LogP contribution is 2.30. The predicted octanol–water partition coefficient (Wildman–Crippen LogP) is 4.27. The van der Waals surface area contributed by atoms with Gasteiger partial charge in [0.25, 0.3) is 0 Å². The number of nitro groups is 1. The summed E-state index contributed by atoms with van der Waals surface area (Å²) in [6, 6.07) is 8.37. The lowest BCUT2D eigenvalue weighted by Gasteiger charge is -2.09. The summed E-state index contributed by atoms with van der Waals surface area (Å²) in [6.07, 6.45) is 0. The predicted molar refractivity (Wildman–Crippen MR) is 73.6 cm³/mol. The number of nitro benzene ring substituents is 1. The first-order valence-corrected chi connectivity index (χ1v) is 6.17. The molecule has 2 rings (SSSR count).